The lowest BCUT2D eigenvalue weighted by Crippen LogP contribution is -2.48. The molecule has 27 heavy (non-hydrogen) atoms. The van der Waals surface area contributed by atoms with Crippen LogP contribution in [0.3, 0.4) is 0 Å². The van der Waals surface area contributed by atoms with Gasteiger partial charge in [0, 0.05) is 13.0 Å². The van der Waals surface area contributed by atoms with E-state index in [-0.39, 0.29) is 19.4 Å². The highest BCUT2D eigenvalue weighted by atomic mass is 16.6. The van der Waals surface area contributed by atoms with Gasteiger partial charge in [-0.15, -0.1) is 0 Å². The standard InChI is InChI=1S/C17H31N3O7/c1-17(2,3)27-16(25)20-12(8-9-13(21)26-4)14(22)19-10-6-5-7-11(18)15(23)24/h11-12H,5-10,18H2,1-4H3,(H,19,22)(H,20,25)(H,23,24)/t11-,12-/m0/s1. The third-order valence-corrected chi connectivity index (χ3v) is 3.43. The van der Waals surface area contributed by atoms with E-state index >= 15 is 0 Å². The number of carboxylic acid groups (broad SMARTS) is 1. The molecule has 0 saturated carbocycles. The first-order chi connectivity index (χ1) is 12.5. The molecule has 0 radical (unpaired) electrons. The van der Waals surface area contributed by atoms with Crippen molar-refractivity contribution in [3.05, 3.63) is 0 Å². The van der Waals surface area contributed by atoms with Gasteiger partial charge in [0.15, 0.2) is 0 Å². The van der Waals surface area contributed by atoms with E-state index < -0.39 is 41.6 Å². The topological polar surface area (TPSA) is 157 Å². The molecule has 0 aromatic heterocycles. The summed E-state index contributed by atoms with van der Waals surface area (Å²) in [6.45, 7) is 5.36. The fourth-order valence-electron chi connectivity index (χ4n) is 2.03. The summed E-state index contributed by atoms with van der Waals surface area (Å²) in [4.78, 5) is 46.1. The molecule has 0 aliphatic heterocycles. The van der Waals surface area contributed by atoms with Crippen molar-refractivity contribution >= 4 is 23.9 Å². The summed E-state index contributed by atoms with van der Waals surface area (Å²) in [6.07, 6.45) is 0.607. The van der Waals surface area contributed by atoms with Crippen LogP contribution in [0.1, 0.15) is 52.9 Å². The van der Waals surface area contributed by atoms with Gasteiger partial charge < -0.3 is 30.9 Å². The van der Waals surface area contributed by atoms with Crippen LogP contribution in [0.15, 0.2) is 0 Å². The molecule has 0 spiro atoms. The van der Waals surface area contributed by atoms with E-state index in [1.54, 1.807) is 20.8 Å². The predicted molar refractivity (Wildman–Crippen MR) is 96.9 cm³/mol. The first-order valence-electron chi connectivity index (χ1n) is 8.78. The van der Waals surface area contributed by atoms with Crippen molar-refractivity contribution in [2.24, 2.45) is 5.73 Å². The Bertz CT molecular complexity index is 517. The van der Waals surface area contributed by atoms with Crippen molar-refractivity contribution in [3.63, 3.8) is 0 Å². The highest BCUT2D eigenvalue weighted by Crippen LogP contribution is 2.08. The molecule has 0 rings (SSSR count). The van der Waals surface area contributed by atoms with Crippen LogP contribution < -0.4 is 16.4 Å². The van der Waals surface area contributed by atoms with Crippen molar-refractivity contribution in [2.75, 3.05) is 13.7 Å². The second-order valence-corrected chi connectivity index (χ2v) is 7.05. The summed E-state index contributed by atoms with van der Waals surface area (Å²) >= 11 is 0. The van der Waals surface area contributed by atoms with Gasteiger partial charge in [-0.25, -0.2) is 4.79 Å². The Kier molecular flexibility index (Phi) is 11.0. The number of carbonyl (C=O) groups excluding carboxylic acids is 3. The predicted octanol–water partition coefficient (Wildman–Crippen LogP) is 0.531. The lowest BCUT2D eigenvalue weighted by molar-refractivity contribution is -0.141. The maximum Gasteiger partial charge on any atom is 0.408 e. The normalized spacial score (nSPS) is 13.2. The molecule has 2 atom stereocenters. The van der Waals surface area contributed by atoms with Gasteiger partial charge in [0.2, 0.25) is 5.91 Å². The first kappa shape index (κ1) is 24.6. The number of esters is 1. The zero-order valence-electron chi connectivity index (χ0n) is 16.4. The van der Waals surface area contributed by atoms with Crippen LogP contribution >= 0.6 is 0 Å². The third-order valence-electron chi connectivity index (χ3n) is 3.43. The number of carboxylic acids is 1. The number of nitrogens with one attached hydrogen (secondary N) is 2. The van der Waals surface area contributed by atoms with Crippen molar-refractivity contribution in [3.8, 4) is 0 Å². The molecule has 0 aromatic rings. The van der Waals surface area contributed by atoms with Gasteiger partial charge in [-0.05, 0) is 46.5 Å². The number of carbonyl (C=O) groups is 4. The molecule has 156 valence electrons. The molecule has 0 unspecified atom stereocenters. The van der Waals surface area contributed by atoms with E-state index in [2.05, 4.69) is 15.4 Å². The number of nitrogens with two attached hydrogens (primary N) is 1. The Morgan fingerprint density at radius 1 is 1.11 bits per heavy atom. The van der Waals surface area contributed by atoms with E-state index in [1.807, 2.05) is 0 Å². The molecule has 10 nitrogen and oxygen atoms in total. The molecular weight excluding hydrogens is 358 g/mol. The van der Waals surface area contributed by atoms with Gasteiger partial charge in [0.1, 0.15) is 17.7 Å². The van der Waals surface area contributed by atoms with Crippen LogP contribution in [0.5, 0.6) is 0 Å². The summed E-state index contributed by atoms with van der Waals surface area (Å²) in [5.74, 6) is -2.03. The molecule has 0 aliphatic carbocycles. The summed E-state index contributed by atoms with van der Waals surface area (Å²) in [5, 5.41) is 13.8. The smallest absolute Gasteiger partial charge is 0.408 e. The SMILES string of the molecule is COC(=O)CC[C@H](NC(=O)OC(C)(C)C)C(=O)NCCCC[C@H](N)C(=O)O. The Morgan fingerprint density at radius 2 is 1.74 bits per heavy atom. The van der Waals surface area contributed by atoms with E-state index in [4.69, 9.17) is 15.6 Å². The molecule has 0 aliphatic rings. The molecule has 0 heterocycles. The second-order valence-electron chi connectivity index (χ2n) is 7.05. The van der Waals surface area contributed by atoms with Gasteiger partial charge in [-0.1, -0.05) is 0 Å². The number of methoxy groups -OCH3 is 1. The van der Waals surface area contributed by atoms with Gasteiger partial charge in [-0.3, -0.25) is 14.4 Å². The Hall–Kier alpha value is -2.36. The number of amides is 2. The first-order valence-corrected chi connectivity index (χ1v) is 8.78. The van der Waals surface area contributed by atoms with Crippen LogP contribution in [-0.4, -0.2) is 60.4 Å². The van der Waals surface area contributed by atoms with E-state index in [1.165, 1.54) is 7.11 Å². The van der Waals surface area contributed by atoms with Crippen LogP contribution in [-0.2, 0) is 23.9 Å². The number of rotatable bonds is 11. The zero-order valence-corrected chi connectivity index (χ0v) is 16.4. The molecule has 10 heteroatoms. The van der Waals surface area contributed by atoms with Crippen LogP contribution in [0, 0.1) is 0 Å². The number of hydrogen-bond acceptors (Lipinski definition) is 7. The molecule has 0 saturated heterocycles. The average molecular weight is 389 g/mol. The van der Waals surface area contributed by atoms with Gasteiger partial charge in [0.25, 0.3) is 0 Å². The van der Waals surface area contributed by atoms with Crippen molar-refractivity contribution in [1.29, 1.82) is 0 Å². The number of ether oxygens (including phenoxy) is 2. The minimum Gasteiger partial charge on any atom is -0.480 e. The highest BCUT2D eigenvalue weighted by Gasteiger charge is 2.25. The minimum atomic E-state index is -1.07. The fourth-order valence-corrected chi connectivity index (χ4v) is 2.03. The quantitative estimate of drug-likeness (QED) is 0.294. The number of hydrogen-bond donors (Lipinski definition) is 4. The number of alkyl carbamates (subject to hydrolysis) is 1. The van der Waals surface area contributed by atoms with Crippen molar-refractivity contribution in [1.82, 2.24) is 10.6 Å². The molecule has 5 N–H and O–H groups in total. The largest absolute Gasteiger partial charge is 0.480 e. The monoisotopic (exact) mass is 389 g/mol. The summed E-state index contributed by atoms with van der Waals surface area (Å²) in [7, 11) is 1.24. The molecule has 0 fully saturated rings. The average Bonchev–Trinajstić information content (AvgIpc) is 2.55. The van der Waals surface area contributed by atoms with Crippen LogP contribution in [0.25, 0.3) is 0 Å². The van der Waals surface area contributed by atoms with Gasteiger partial charge in [0.05, 0.1) is 7.11 Å². The molecule has 2 amide bonds. The lowest BCUT2D eigenvalue weighted by atomic mass is 10.1. The van der Waals surface area contributed by atoms with E-state index in [0.29, 0.717) is 19.3 Å². The second kappa shape index (κ2) is 12.1. The summed E-state index contributed by atoms with van der Waals surface area (Å²) in [5.41, 5.74) is 4.68. The Balaban J connectivity index is 4.52. The molecular formula is C17H31N3O7. The van der Waals surface area contributed by atoms with Gasteiger partial charge in [-0.2, -0.15) is 0 Å². The minimum absolute atomic E-state index is 0.0438. The number of unbranched alkanes of at least 4 members (excludes halogenated alkanes) is 1. The van der Waals surface area contributed by atoms with E-state index in [9.17, 15) is 19.2 Å². The van der Waals surface area contributed by atoms with Crippen molar-refractivity contribution in [2.45, 2.75) is 70.6 Å². The van der Waals surface area contributed by atoms with Crippen LogP contribution in [0.4, 0.5) is 4.79 Å². The highest BCUT2D eigenvalue weighted by molar-refractivity contribution is 5.86. The third kappa shape index (κ3) is 12.6. The van der Waals surface area contributed by atoms with E-state index in [0.717, 1.165) is 0 Å². The maximum atomic E-state index is 12.3. The molecule has 0 aromatic carbocycles. The van der Waals surface area contributed by atoms with Gasteiger partial charge >= 0.3 is 18.0 Å². The molecule has 0 bridgehead atoms. The summed E-state index contributed by atoms with van der Waals surface area (Å²) < 4.78 is 9.67. The number of aliphatic carboxylic acids is 1. The zero-order chi connectivity index (χ0) is 21.0. The Labute approximate surface area is 159 Å². The fraction of sp³-hybridized carbons (Fsp3) is 0.765. The summed E-state index contributed by atoms with van der Waals surface area (Å²) in [6, 6.07) is -1.89. The maximum absolute atomic E-state index is 12.3. The lowest BCUT2D eigenvalue weighted by Gasteiger charge is -2.23. The van der Waals surface area contributed by atoms with Crippen LogP contribution in [0.2, 0.25) is 0 Å². The van der Waals surface area contributed by atoms with Crippen molar-refractivity contribution < 1.29 is 33.8 Å². The Morgan fingerprint density at radius 3 is 2.26 bits per heavy atom.